The smallest absolute Gasteiger partial charge is 0.212 e. The molecule has 0 N–H and O–H groups in total. The van der Waals surface area contributed by atoms with Crippen LogP contribution < -0.4 is 4.57 Å². The van der Waals surface area contributed by atoms with Crippen LogP contribution in [-0.2, 0) is 7.05 Å². The van der Waals surface area contributed by atoms with Gasteiger partial charge in [0.25, 0.3) is 0 Å². The van der Waals surface area contributed by atoms with Crippen LogP contribution in [0.5, 0.6) is 0 Å². The quantitative estimate of drug-likeness (QED) is 0.483. The molecule has 0 aliphatic heterocycles. The number of aromatic nitrogens is 1. The van der Waals surface area contributed by atoms with Gasteiger partial charge in [0, 0.05) is 22.9 Å². The van der Waals surface area contributed by atoms with Crippen molar-refractivity contribution < 1.29 is 8.98 Å². The van der Waals surface area contributed by atoms with Gasteiger partial charge in [-0.05, 0) is 55.3 Å². The van der Waals surface area contributed by atoms with Gasteiger partial charge in [-0.1, -0.05) is 0 Å². The summed E-state index contributed by atoms with van der Waals surface area (Å²) >= 11 is 0. The maximum Gasteiger partial charge on any atom is 0.212 e. The Bertz CT molecular complexity index is 1150. The summed E-state index contributed by atoms with van der Waals surface area (Å²) in [7, 11) is 2.04. The van der Waals surface area contributed by atoms with Crippen molar-refractivity contribution in [3.8, 4) is 17.3 Å². The van der Waals surface area contributed by atoms with Crippen molar-refractivity contribution in [2.45, 2.75) is 13.8 Å². The van der Waals surface area contributed by atoms with Gasteiger partial charge in [-0.25, -0.2) is 4.57 Å². The first-order chi connectivity index (χ1) is 11.6. The highest BCUT2D eigenvalue weighted by Crippen LogP contribution is 2.34. The fraction of sp³-hybridized carbons (Fsp3) is 0.143. The topological polar surface area (TPSA) is 40.8 Å². The zero-order valence-corrected chi connectivity index (χ0v) is 13.9. The van der Waals surface area contributed by atoms with Gasteiger partial charge in [0.1, 0.15) is 18.2 Å². The number of pyridine rings is 1. The Morgan fingerprint density at radius 1 is 0.958 bits per heavy atom. The number of fused-ring (bicyclic) bond motifs is 3. The number of nitrogens with zero attached hydrogens (tertiary/aromatic N) is 2. The predicted molar refractivity (Wildman–Crippen MR) is 94.5 cm³/mol. The van der Waals surface area contributed by atoms with E-state index in [2.05, 4.69) is 35.8 Å². The summed E-state index contributed by atoms with van der Waals surface area (Å²) in [5.74, 6) is 0. The Morgan fingerprint density at radius 3 is 2.38 bits per heavy atom. The van der Waals surface area contributed by atoms with Gasteiger partial charge in [0.15, 0.2) is 6.20 Å². The molecule has 0 saturated heterocycles. The average Bonchev–Trinajstić information content (AvgIpc) is 2.90. The van der Waals surface area contributed by atoms with E-state index in [9.17, 15) is 5.26 Å². The van der Waals surface area contributed by atoms with Crippen molar-refractivity contribution in [1.82, 2.24) is 0 Å². The molecule has 0 saturated carbocycles. The Balaban J connectivity index is 2.04. The molecule has 0 bridgehead atoms. The molecule has 0 aliphatic rings. The number of hydrogen-bond donors (Lipinski definition) is 0. The number of benzene rings is 2. The number of furan rings is 1. The van der Waals surface area contributed by atoms with Crippen molar-refractivity contribution in [3.63, 3.8) is 0 Å². The van der Waals surface area contributed by atoms with Crippen LogP contribution in [0.1, 0.15) is 16.7 Å². The normalized spacial score (nSPS) is 11.1. The minimum Gasteiger partial charge on any atom is -0.456 e. The highest BCUT2D eigenvalue weighted by atomic mass is 16.3. The molecular formula is C21H17N2O+. The summed E-state index contributed by atoms with van der Waals surface area (Å²) in [6.07, 6.45) is 2.04. The first kappa shape index (κ1) is 14.5. The second-order valence-electron chi connectivity index (χ2n) is 6.24. The van der Waals surface area contributed by atoms with Crippen LogP contribution >= 0.6 is 0 Å². The van der Waals surface area contributed by atoms with Crippen molar-refractivity contribution in [1.29, 1.82) is 5.26 Å². The molecule has 3 heteroatoms. The molecule has 0 amide bonds. The third-order valence-corrected chi connectivity index (χ3v) is 4.61. The van der Waals surface area contributed by atoms with Crippen LogP contribution in [0.2, 0.25) is 0 Å². The summed E-state index contributed by atoms with van der Waals surface area (Å²) < 4.78 is 8.15. The average molecular weight is 313 g/mol. The molecule has 0 aliphatic carbocycles. The highest BCUT2D eigenvalue weighted by Gasteiger charge is 2.16. The first-order valence-corrected chi connectivity index (χ1v) is 7.91. The Kier molecular flexibility index (Phi) is 3.14. The van der Waals surface area contributed by atoms with Crippen LogP contribution in [0, 0.1) is 25.2 Å². The second kappa shape index (κ2) is 5.21. The van der Waals surface area contributed by atoms with E-state index in [4.69, 9.17) is 4.42 Å². The molecule has 0 unspecified atom stereocenters. The fourth-order valence-electron chi connectivity index (χ4n) is 3.28. The number of rotatable bonds is 1. The Hall–Kier alpha value is -3.12. The Labute approximate surface area is 140 Å². The monoisotopic (exact) mass is 313 g/mol. The van der Waals surface area contributed by atoms with Crippen LogP contribution in [0.25, 0.3) is 33.2 Å². The van der Waals surface area contributed by atoms with E-state index in [1.54, 1.807) is 0 Å². The van der Waals surface area contributed by atoms with E-state index in [-0.39, 0.29) is 0 Å². The van der Waals surface area contributed by atoms with Gasteiger partial charge in [-0.2, -0.15) is 5.26 Å². The van der Waals surface area contributed by atoms with Crippen molar-refractivity contribution >= 4 is 21.9 Å². The highest BCUT2D eigenvalue weighted by molar-refractivity contribution is 6.07. The third kappa shape index (κ3) is 2.08. The molecule has 116 valence electrons. The first-order valence-electron chi connectivity index (χ1n) is 7.91. The molecule has 0 radical (unpaired) electrons. The minimum absolute atomic E-state index is 0.660. The van der Waals surface area contributed by atoms with Crippen LogP contribution in [0.3, 0.4) is 0 Å². The molecule has 0 spiro atoms. The van der Waals surface area contributed by atoms with Gasteiger partial charge < -0.3 is 4.42 Å². The van der Waals surface area contributed by atoms with Gasteiger partial charge in [-0.3, -0.25) is 0 Å². The zero-order valence-electron chi connectivity index (χ0n) is 13.9. The van der Waals surface area contributed by atoms with E-state index in [1.807, 2.05) is 44.4 Å². The molecule has 0 atom stereocenters. The van der Waals surface area contributed by atoms with Crippen LogP contribution in [0.4, 0.5) is 0 Å². The van der Waals surface area contributed by atoms with E-state index in [0.29, 0.717) is 5.56 Å². The lowest BCUT2D eigenvalue weighted by molar-refractivity contribution is -0.660. The van der Waals surface area contributed by atoms with Gasteiger partial charge in [0.2, 0.25) is 5.69 Å². The van der Waals surface area contributed by atoms with E-state index >= 15 is 0 Å². The maximum absolute atomic E-state index is 9.23. The maximum atomic E-state index is 9.23. The summed E-state index contributed by atoms with van der Waals surface area (Å²) in [5.41, 5.74) is 6.75. The van der Waals surface area contributed by atoms with E-state index < -0.39 is 0 Å². The lowest BCUT2D eigenvalue weighted by atomic mass is 10.00. The predicted octanol–water partition coefficient (Wildman–Crippen LogP) is 4.57. The molecule has 4 rings (SSSR count). The SMILES string of the molecule is Cc1cc2c(cc1C#N)oc1cc(-c3cccc[n+]3C)c(C)cc12. The van der Waals surface area contributed by atoms with Crippen LogP contribution in [0.15, 0.2) is 53.1 Å². The van der Waals surface area contributed by atoms with E-state index in [0.717, 1.165) is 38.8 Å². The molecule has 2 aromatic carbocycles. The summed E-state index contributed by atoms with van der Waals surface area (Å²) in [6.45, 7) is 4.08. The van der Waals surface area contributed by atoms with Gasteiger partial charge in [-0.15, -0.1) is 0 Å². The Morgan fingerprint density at radius 2 is 1.67 bits per heavy atom. The molecular weight excluding hydrogens is 296 g/mol. The third-order valence-electron chi connectivity index (χ3n) is 4.61. The summed E-state index contributed by atoms with van der Waals surface area (Å²) in [5, 5.41) is 11.4. The molecule has 2 aromatic heterocycles. The lowest BCUT2D eigenvalue weighted by Crippen LogP contribution is -2.30. The number of aryl methyl sites for hydroxylation is 3. The molecule has 24 heavy (non-hydrogen) atoms. The standard InChI is InChI=1S/C21H17N2O/c1-13-8-17-18-9-14(2)16(19-6-4-5-7-23(19)3)11-21(18)24-20(17)10-15(13)12-22/h4-11H,1-3H3/q+1. The fourth-order valence-corrected chi connectivity index (χ4v) is 3.28. The van der Waals surface area contributed by atoms with Crippen molar-refractivity contribution in [3.05, 3.63) is 65.4 Å². The van der Waals surface area contributed by atoms with Gasteiger partial charge >= 0.3 is 0 Å². The van der Waals surface area contributed by atoms with Crippen molar-refractivity contribution in [2.24, 2.45) is 7.05 Å². The van der Waals surface area contributed by atoms with Crippen molar-refractivity contribution in [2.75, 3.05) is 0 Å². The molecule has 0 fully saturated rings. The van der Waals surface area contributed by atoms with E-state index in [1.165, 1.54) is 5.56 Å². The molecule has 4 aromatic rings. The largest absolute Gasteiger partial charge is 0.456 e. The zero-order chi connectivity index (χ0) is 16.8. The summed E-state index contributed by atoms with van der Waals surface area (Å²) in [4.78, 5) is 0. The van der Waals surface area contributed by atoms with Gasteiger partial charge in [0.05, 0.1) is 17.2 Å². The number of hydrogen-bond acceptors (Lipinski definition) is 2. The number of nitriles is 1. The lowest BCUT2D eigenvalue weighted by Gasteiger charge is -2.04. The molecule has 2 heterocycles. The minimum atomic E-state index is 0.660. The second-order valence-corrected chi connectivity index (χ2v) is 6.24. The molecule has 3 nitrogen and oxygen atoms in total. The summed E-state index contributed by atoms with van der Waals surface area (Å²) in [6, 6.07) is 16.5. The van der Waals surface area contributed by atoms with Crippen LogP contribution in [-0.4, -0.2) is 0 Å².